The molecule has 0 amide bonds. The highest BCUT2D eigenvalue weighted by Gasteiger charge is 2.11. The number of halogens is 2. The Morgan fingerprint density at radius 1 is 1.00 bits per heavy atom. The molecule has 112 valence electrons. The van der Waals surface area contributed by atoms with Gasteiger partial charge in [-0.25, -0.2) is 0 Å². The summed E-state index contributed by atoms with van der Waals surface area (Å²) in [5.74, 6) is 0.276. The molecule has 3 rings (SSSR count). The molecule has 0 fully saturated rings. The monoisotopic (exact) mass is 431 g/mol. The van der Waals surface area contributed by atoms with Gasteiger partial charge in [0.05, 0.1) is 21.5 Å². The molecule has 0 N–H and O–H groups in total. The Hall–Kier alpha value is -2.23. The number of nitriles is 1. The molecule has 0 aliphatic heterocycles. The van der Waals surface area contributed by atoms with E-state index in [1.165, 1.54) is 6.07 Å². The summed E-state index contributed by atoms with van der Waals surface area (Å²) >= 11 is 6.46. The summed E-state index contributed by atoms with van der Waals surface area (Å²) in [6.45, 7) is 0. The topological polar surface area (TPSA) is 71.1 Å². The zero-order valence-electron chi connectivity index (χ0n) is 11.5. The van der Waals surface area contributed by atoms with Gasteiger partial charge in [0.1, 0.15) is 5.76 Å². The molecule has 0 radical (unpaired) electrons. The molecule has 0 bridgehead atoms. The highest BCUT2D eigenvalue weighted by molar-refractivity contribution is 9.11. The molecule has 0 unspecified atom stereocenters. The maximum Gasteiger partial charge on any atom is 0.235 e. The summed E-state index contributed by atoms with van der Waals surface area (Å²) in [5.41, 5.74) is 0.378. The summed E-state index contributed by atoms with van der Waals surface area (Å²) in [6.07, 6.45) is 0. The molecular formula is C17H7Br2NO3. The van der Waals surface area contributed by atoms with Crippen molar-refractivity contribution < 1.29 is 4.42 Å². The van der Waals surface area contributed by atoms with Gasteiger partial charge in [-0.3, -0.25) is 9.59 Å². The van der Waals surface area contributed by atoms with Gasteiger partial charge in [-0.15, -0.1) is 0 Å². The van der Waals surface area contributed by atoms with E-state index in [4.69, 9.17) is 9.68 Å². The van der Waals surface area contributed by atoms with E-state index in [1.54, 1.807) is 36.4 Å². The standard InChI is InChI=1S/C17H7Br2NO3/c18-11-5-12-14(21)7-15(10-3-1-9(8-20)2-4-10)23-17(12)16(22)13(19)6-11/h1-7H. The molecule has 0 saturated carbocycles. The first-order valence-corrected chi connectivity index (χ1v) is 8.06. The van der Waals surface area contributed by atoms with E-state index in [0.29, 0.717) is 20.1 Å². The van der Waals surface area contributed by atoms with Gasteiger partial charge >= 0.3 is 0 Å². The quantitative estimate of drug-likeness (QED) is 0.577. The van der Waals surface area contributed by atoms with Crippen molar-refractivity contribution in [1.29, 1.82) is 5.26 Å². The average molecular weight is 433 g/mol. The Bertz CT molecular complexity index is 1080. The third-order valence-electron chi connectivity index (χ3n) is 3.25. The molecule has 2 aromatic carbocycles. The smallest absolute Gasteiger partial charge is 0.235 e. The van der Waals surface area contributed by atoms with E-state index < -0.39 is 5.43 Å². The Kier molecular flexibility index (Phi) is 4.16. The van der Waals surface area contributed by atoms with Crippen molar-refractivity contribution in [2.45, 2.75) is 0 Å². The van der Waals surface area contributed by atoms with Crippen LogP contribution in [0.25, 0.3) is 22.3 Å². The number of hydrogen-bond donors (Lipinski definition) is 0. The van der Waals surface area contributed by atoms with Crippen molar-refractivity contribution in [3.63, 3.8) is 0 Å². The molecular weight excluding hydrogens is 426 g/mol. The molecule has 1 heterocycles. The van der Waals surface area contributed by atoms with Gasteiger partial charge in [-0.1, -0.05) is 15.9 Å². The first kappa shape index (κ1) is 15.7. The maximum absolute atomic E-state index is 12.4. The van der Waals surface area contributed by atoms with Crippen LogP contribution in [0.15, 0.2) is 65.4 Å². The Morgan fingerprint density at radius 2 is 1.70 bits per heavy atom. The molecule has 6 heteroatoms. The van der Waals surface area contributed by atoms with Crippen LogP contribution >= 0.6 is 31.9 Å². The lowest BCUT2D eigenvalue weighted by Gasteiger charge is -2.01. The minimum absolute atomic E-state index is 0.0190. The molecule has 0 aliphatic carbocycles. The van der Waals surface area contributed by atoms with E-state index in [-0.39, 0.29) is 22.2 Å². The minimum Gasteiger partial charge on any atom is -0.452 e. The highest BCUT2D eigenvalue weighted by Crippen LogP contribution is 2.23. The fourth-order valence-electron chi connectivity index (χ4n) is 2.13. The molecule has 23 heavy (non-hydrogen) atoms. The number of fused-ring (bicyclic) bond motifs is 1. The molecule has 4 nitrogen and oxygen atoms in total. The van der Waals surface area contributed by atoms with E-state index in [9.17, 15) is 9.59 Å². The van der Waals surface area contributed by atoms with Crippen LogP contribution in [0.2, 0.25) is 0 Å². The summed E-state index contributed by atoms with van der Waals surface area (Å²) < 4.78 is 6.57. The second-order valence-electron chi connectivity index (χ2n) is 4.76. The highest BCUT2D eigenvalue weighted by atomic mass is 79.9. The van der Waals surface area contributed by atoms with Gasteiger partial charge in [0.2, 0.25) is 5.43 Å². The van der Waals surface area contributed by atoms with Crippen molar-refractivity contribution in [2.24, 2.45) is 0 Å². The second-order valence-corrected chi connectivity index (χ2v) is 6.53. The van der Waals surface area contributed by atoms with Crippen LogP contribution in [0.5, 0.6) is 0 Å². The first-order chi connectivity index (χ1) is 11.0. The third kappa shape index (κ3) is 2.98. The fraction of sp³-hybridized carbons (Fsp3) is 0. The third-order valence-corrected chi connectivity index (χ3v) is 4.30. The van der Waals surface area contributed by atoms with Crippen LogP contribution in [-0.4, -0.2) is 0 Å². The fourth-order valence-corrected chi connectivity index (χ4v) is 3.33. The van der Waals surface area contributed by atoms with Gasteiger partial charge in [0, 0.05) is 16.1 Å². The molecule has 0 atom stereocenters. The van der Waals surface area contributed by atoms with Crippen LogP contribution in [0.1, 0.15) is 5.56 Å². The summed E-state index contributed by atoms with van der Waals surface area (Å²) in [5, 5.41) is 9.03. The lowest BCUT2D eigenvalue weighted by Crippen LogP contribution is -2.06. The second kappa shape index (κ2) is 6.11. The van der Waals surface area contributed by atoms with Gasteiger partial charge in [0.15, 0.2) is 11.0 Å². The van der Waals surface area contributed by atoms with E-state index in [1.807, 2.05) is 6.07 Å². The van der Waals surface area contributed by atoms with Gasteiger partial charge in [0.25, 0.3) is 0 Å². The van der Waals surface area contributed by atoms with Crippen molar-refractivity contribution in [3.8, 4) is 17.4 Å². The van der Waals surface area contributed by atoms with Crippen LogP contribution < -0.4 is 10.9 Å². The lowest BCUT2D eigenvalue weighted by molar-refractivity contribution is 0.616. The minimum atomic E-state index is -0.404. The maximum atomic E-state index is 12.4. The van der Waals surface area contributed by atoms with E-state index >= 15 is 0 Å². The molecule has 0 spiro atoms. The summed E-state index contributed by atoms with van der Waals surface area (Å²) in [6, 6.07) is 13.1. The van der Waals surface area contributed by atoms with Gasteiger partial charge in [-0.2, -0.15) is 5.26 Å². The largest absolute Gasteiger partial charge is 0.452 e. The SMILES string of the molecule is N#Cc1ccc(-c2cc(=O)c3cc(Br)cc(Br)c(=O)c3o2)cc1. The molecule has 3 aromatic rings. The lowest BCUT2D eigenvalue weighted by atomic mass is 10.1. The molecule has 1 aromatic heterocycles. The molecule has 0 aliphatic rings. The van der Waals surface area contributed by atoms with Gasteiger partial charge < -0.3 is 4.42 Å². The number of rotatable bonds is 1. The predicted molar refractivity (Wildman–Crippen MR) is 94.3 cm³/mol. The summed E-state index contributed by atoms with van der Waals surface area (Å²) in [7, 11) is 0. The van der Waals surface area contributed by atoms with Crippen molar-refractivity contribution in [2.75, 3.05) is 0 Å². The Balaban J connectivity index is 2.36. The van der Waals surface area contributed by atoms with Crippen molar-refractivity contribution in [1.82, 2.24) is 0 Å². The van der Waals surface area contributed by atoms with E-state index in [0.717, 1.165) is 0 Å². The first-order valence-electron chi connectivity index (χ1n) is 6.47. The number of nitrogens with zero attached hydrogens (tertiary/aromatic N) is 1. The van der Waals surface area contributed by atoms with Gasteiger partial charge in [-0.05, 0) is 52.3 Å². The number of benzene rings is 1. The normalized spacial score (nSPS) is 10.5. The average Bonchev–Trinajstić information content (AvgIpc) is 2.65. The number of hydrogen-bond acceptors (Lipinski definition) is 4. The predicted octanol–water partition coefficient (Wildman–Crippen LogP) is 4.22. The van der Waals surface area contributed by atoms with Crippen LogP contribution in [-0.2, 0) is 0 Å². The molecule has 0 saturated heterocycles. The van der Waals surface area contributed by atoms with Crippen LogP contribution in [0.3, 0.4) is 0 Å². The Morgan fingerprint density at radius 3 is 2.35 bits per heavy atom. The van der Waals surface area contributed by atoms with Crippen molar-refractivity contribution in [3.05, 3.63) is 77.4 Å². The zero-order valence-corrected chi connectivity index (χ0v) is 14.6. The Labute approximate surface area is 147 Å². The van der Waals surface area contributed by atoms with Crippen LogP contribution in [0.4, 0.5) is 0 Å². The van der Waals surface area contributed by atoms with Crippen LogP contribution in [0, 0.1) is 11.3 Å². The van der Waals surface area contributed by atoms with E-state index in [2.05, 4.69) is 31.9 Å². The van der Waals surface area contributed by atoms with Crippen molar-refractivity contribution >= 4 is 42.8 Å². The summed E-state index contributed by atoms with van der Waals surface area (Å²) in [4.78, 5) is 24.7. The zero-order chi connectivity index (χ0) is 16.6.